The Hall–Kier alpha value is -12.6. The summed E-state index contributed by atoms with van der Waals surface area (Å²) in [5.74, 6) is 1.31. The van der Waals surface area contributed by atoms with Crippen molar-refractivity contribution in [3.05, 3.63) is 229 Å². The second-order valence-corrected chi connectivity index (χ2v) is 33.8. The number of phenols is 7. The van der Waals surface area contributed by atoms with E-state index < -0.39 is 32.5 Å². The van der Waals surface area contributed by atoms with E-state index in [2.05, 4.69) is 0 Å². The van der Waals surface area contributed by atoms with Crippen molar-refractivity contribution in [3.63, 3.8) is 0 Å². The normalized spacial score (nSPS) is 11.5. The van der Waals surface area contributed by atoms with Gasteiger partial charge in [-0.3, -0.25) is 28.8 Å². The number of carbonyl (C=O) groups excluding carboxylic acids is 6. The standard InChI is InChI=1S/C18H22O4.C18H22O3.2C17H20O3.C16H18O4.C16H18O3/c1-4-18(2,3)17(20)22-12-11-21-16-10-6-7-13-14(16)8-5-9-15(13)19;1-4-18(2,3)17(20)21-12-11-13-7-5-9-15-14(13)8-6-10-16(15)19;1-4-17(2,3)16(19)20-11-12-7-5-9-14-13(12)8-6-10-15(14)18;1-4-17(2,3)16(19)20-11-12-5-6-14-10-15(18)8-7-13(14)9-12;1-4-16(2,3)15(19)20-14-7-5-6-11-12(14)8-10(17)9-13(11)18;1-4-16(2,3)15(18)19-14-8-6-11-9-13(17)7-5-12(11)10-14/h5-10,19H,4,11-12H2,1-3H3;5-10,19H,4,11-12H2,1-3H3;2*5-10,18H,4,11H2,1-3H3;5-9,17-18H,4H2,1-3H3;5-10,17H,4H2,1-3H3. The first kappa shape index (κ1) is 96.6. The van der Waals surface area contributed by atoms with E-state index in [0.29, 0.717) is 47.5 Å². The molecule has 12 aromatic rings. The highest BCUT2D eigenvalue weighted by molar-refractivity contribution is 5.97. The van der Waals surface area contributed by atoms with Gasteiger partial charge in [0.25, 0.3) is 0 Å². The molecule has 122 heavy (non-hydrogen) atoms. The summed E-state index contributed by atoms with van der Waals surface area (Å²) in [5, 5.41) is 77.7. The third kappa shape index (κ3) is 26.5. The van der Waals surface area contributed by atoms with Gasteiger partial charge in [0.1, 0.15) is 83.9 Å². The van der Waals surface area contributed by atoms with Crippen LogP contribution in [0.1, 0.15) is 180 Å². The topological polar surface area (TPSA) is 309 Å². The molecular weight excluding hydrogens is 1550 g/mol. The number of rotatable bonds is 25. The summed E-state index contributed by atoms with van der Waals surface area (Å²) < 4.78 is 37.9. The van der Waals surface area contributed by atoms with Crippen LogP contribution in [0.25, 0.3) is 64.6 Å². The van der Waals surface area contributed by atoms with E-state index in [1.807, 2.05) is 234 Å². The van der Waals surface area contributed by atoms with E-state index in [1.165, 1.54) is 12.1 Å². The maximum Gasteiger partial charge on any atom is 0.316 e. The van der Waals surface area contributed by atoms with Gasteiger partial charge in [0.2, 0.25) is 0 Å². The molecule has 0 spiro atoms. The molecule has 12 aromatic carbocycles. The molecule has 0 aliphatic heterocycles. The Morgan fingerprint density at radius 3 is 1.13 bits per heavy atom. The van der Waals surface area contributed by atoms with Gasteiger partial charge in [-0.1, -0.05) is 169 Å². The zero-order valence-electron chi connectivity index (χ0n) is 73.6. The average molecular weight is 1670 g/mol. The average Bonchev–Trinajstić information content (AvgIpc) is 0.819. The molecule has 0 saturated heterocycles. The molecule has 20 nitrogen and oxygen atoms in total. The van der Waals surface area contributed by atoms with Crippen LogP contribution in [0, 0.1) is 32.5 Å². The molecule has 0 heterocycles. The van der Waals surface area contributed by atoms with Crippen LogP contribution in [0.3, 0.4) is 0 Å². The predicted molar refractivity (Wildman–Crippen MR) is 482 cm³/mol. The molecule has 648 valence electrons. The van der Waals surface area contributed by atoms with Crippen LogP contribution in [-0.4, -0.2) is 91.4 Å². The van der Waals surface area contributed by atoms with Crippen molar-refractivity contribution in [1.29, 1.82) is 0 Å². The van der Waals surface area contributed by atoms with Crippen LogP contribution in [-0.2, 0) is 67.3 Å². The Morgan fingerprint density at radius 2 is 0.631 bits per heavy atom. The number of hydrogen-bond donors (Lipinski definition) is 7. The van der Waals surface area contributed by atoms with Crippen molar-refractivity contribution in [3.8, 4) is 57.5 Å². The number of fused-ring (bicyclic) bond motifs is 6. The SMILES string of the molecule is CCC(C)(C)C(=O)OCCOc1cccc2c(O)cccc12.CCC(C)(C)C(=O)OCCc1cccc2c(O)cccc12.CCC(C)(C)C(=O)OCc1ccc2cc(O)ccc2c1.CCC(C)(C)C(=O)OCc1cccc2c(O)cccc12.CCC(C)(C)C(=O)Oc1ccc2cc(O)ccc2c1.CCC(C)(C)C(=O)Oc1cccc2c(O)cc(O)cc12. The maximum atomic E-state index is 12.1. The predicted octanol–water partition coefficient (Wildman–Crippen LogP) is 23.5. The number of carbonyl (C=O) groups is 6. The van der Waals surface area contributed by atoms with Crippen LogP contribution in [0.2, 0.25) is 0 Å². The number of aromatic hydroxyl groups is 7. The third-order valence-electron chi connectivity index (χ3n) is 22.4. The van der Waals surface area contributed by atoms with Gasteiger partial charge < -0.3 is 68.9 Å². The lowest BCUT2D eigenvalue weighted by atomic mass is 9.90. The van der Waals surface area contributed by atoms with Gasteiger partial charge in [-0.15, -0.1) is 0 Å². The fraction of sp³-hybridized carbons (Fsp3) is 0.353. The summed E-state index contributed by atoms with van der Waals surface area (Å²) in [6.45, 7) is 35.5. The second-order valence-electron chi connectivity index (χ2n) is 33.8. The smallest absolute Gasteiger partial charge is 0.316 e. The van der Waals surface area contributed by atoms with Crippen LogP contribution in [0.5, 0.6) is 57.5 Å². The zero-order valence-corrected chi connectivity index (χ0v) is 73.6. The molecule has 0 fully saturated rings. The molecule has 7 N–H and O–H groups in total. The molecule has 20 heteroatoms. The molecule has 0 aromatic heterocycles. The van der Waals surface area contributed by atoms with E-state index in [-0.39, 0.29) is 102 Å². The molecule has 0 atom stereocenters. The highest BCUT2D eigenvalue weighted by atomic mass is 16.6. The Balaban J connectivity index is 0.000000202. The lowest BCUT2D eigenvalue weighted by molar-refractivity contribution is -0.156. The molecule has 0 aliphatic carbocycles. The number of hydrogen-bond acceptors (Lipinski definition) is 20. The number of phenolic OH excluding ortho intramolecular Hbond substituents is 7. The third-order valence-corrected chi connectivity index (χ3v) is 22.4. The maximum absolute atomic E-state index is 12.1. The van der Waals surface area contributed by atoms with Crippen molar-refractivity contribution >= 4 is 100 Å². The number of benzene rings is 12. The first-order valence-corrected chi connectivity index (χ1v) is 41.3. The Labute approximate surface area is 715 Å². The van der Waals surface area contributed by atoms with Gasteiger partial charge >= 0.3 is 35.8 Å². The lowest BCUT2D eigenvalue weighted by Crippen LogP contribution is -2.28. The lowest BCUT2D eigenvalue weighted by Gasteiger charge is -2.20. The highest BCUT2D eigenvalue weighted by Crippen LogP contribution is 2.39. The van der Waals surface area contributed by atoms with Crippen molar-refractivity contribution in [2.45, 2.75) is 183 Å². The summed E-state index contributed by atoms with van der Waals surface area (Å²) in [6.07, 6.45) is 5.01. The fourth-order valence-corrected chi connectivity index (χ4v) is 11.5. The van der Waals surface area contributed by atoms with Crippen LogP contribution in [0.15, 0.2) is 212 Å². The van der Waals surface area contributed by atoms with E-state index in [0.717, 1.165) is 103 Å². The Bertz CT molecular complexity index is 5610. The van der Waals surface area contributed by atoms with E-state index in [1.54, 1.807) is 91.0 Å². The monoisotopic (exact) mass is 1660 g/mol. The number of esters is 6. The van der Waals surface area contributed by atoms with Crippen LogP contribution in [0.4, 0.5) is 0 Å². The Kier molecular flexibility index (Phi) is 34.1. The van der Waals surface area contributed by atoms with Gasteiger partial charge in [-0.05, 0) is 249 Å². The molecule has 0 saturated carbocycles. The molecule has 0 bridgehead atoms. The van der Waals surface area contributed by atoms with Gasteiger partial charge in [-0.25, -0.2) is 0 Å². The van der Waals surface area contributed by atoms with E-state index in [4.69, 9.17) is 33.2 Å². The first-order valence-electron chi connectivity index (χ1n) is 41.3. The van der Waals surface area contributed by atoms with Crippen molar-refractivity contribution in [1.82, 2.24) is 0 Å². The molecule has 0 radical (unpaired) electrons. The van der Waals surface area contributed by atoms with E-state index in [9.17, 15) is 64.5 Å². The van der Waals surface area contributed by atoms with Crippen LogP contribution >= 0.6 is 0 Å². The van der Waals surface area contributed by atoms with Gasteiger partial charge in [0.15, 0.2) is 0 Å². The minimum atomic E-state index is -0.582. The summed E-state index contributed by atoms with van der Waals surface area (Å²) in [5.41, 5.74) is 0.0512. The fourth-order valence-electron chi connectivity index (χ4n) is 11.5. The van der Waals surface area contributed by atoms with E-state index >= 15 is 0 Å². The number of ether oxygens (including phenoxy) is 7. The minimum absolute atomic E-state index is 0.0485. The molecule has 0 aliphatic rings. The molecule has 0 amide bonds. The van der Waals surface area contributed by atoms with Crippen molar-refractivity contribution in [2.75, 3.05) is 19.8 Å². The van der Waals surface area contributed by atoms with Gasteiger partial charge in [0.05, 0.1) is 39.1 Å². The summed E-state index contributed by atoms with van der Waals surface area (Å²) in [4.78, 5) is 71.8. The Morgan fingerprint density at radius 1 is 0.270 bits per heavy atom. The van der Waals surface area contributed by atoms with Crippen molar-refractivity contribution < 1.29 is 97.7 Å². The van der Waals surface area contributed by atoms with Gasteiger partial charge in [-0.2, -0.15) is 0 Å². The summed E-state index contributed by atoms with van der Waals surface area (Å²) in [6, 6.07) is 62.3. The quantitative estimate of drug-likeness (QED) is 0.0121. The van der Waals surface area contributed by atoms with Crippen molar-refractivity contribution in [2.24, 2.45) is 32.5 Å². The zero-order chi connectivity index (χ0) is 90.1. The molecule has 12 rings (SSSR count). The van der Waals surface area contributed by atoms with Crippen LogP contribution < -0.4 is 14.2 Å². The van der Waals surface area contributed by atoms with Gasteiger partial charge in [0, 0.05) is 44.8 Å². The minimum Gasteiger partial charge on any atom is -0.508 e. The summed E-state index contributed by atoms with van der Waals surface area (Å²) in [7, 11) is 0. The second kappa shape index (κ2) is 43.1. The largest absolute Gasteiger partial charge is 0.508 e. The molecular formula is C102H120O20. The highest BCUT2D eigenvalue weighted by Gasteiger charge is 2.32. The summed E-state index contributed by atoms with van der Waals surface area (Å²) >= 11 is 0. The first-order chi connectivity index (χ1) is 57.5. The molecule has 0 unspecified atom stereocenters.